The highest BCUT2D eigenvalue weighted by atomic mass is 32.1. The SMILES string of the molecule is C/C(=N/Nc1nc(C)c(C)s1)c1ccncc1. The van der Waals surface area contributed by atoms with E-state index in [1.165, 1.54) is 4.88 Å². The molecule has 0 atom stereocenters. The Morgan fingerprint density at radius 2 is 2.00 bits per heavy atom. The first-order valence-corrected chi connectivity index (χ1v) is 6.13. The van der Waals surface area contributed by atoms with E-state index < -0.39 is 0 Å². The summed E-state index contributed by atoms with van der Waals surface area (Å²) < 4.78 is 0. The lowest BCUT2D eigenvalue weighted by atomic mass is 10.2. The summed E-state index contributed by atoms with van der Waals surface area (Å²) in [5, 5.41) is 5.13. The zero-order valence-corrected chi connectivity index (χ0v) is 10.9. The normalized spacial score (nSPS) is 11.6. The maximum absolute atomic E-state index is 4.36. The van der Waals surface area contributed by atoms with Gasteiger partial charge in [0.2, 0.25) is 5.13 Å². The van der Waals surface area contributed by atoms with E-state index in [4.69, 9.17) is 0 Å². The van der Waals surface area contributed by atoms with Crippen LogP contribution in [0.2, 0.25) is 0 Å². The van der Waals surface area contributed by atoms with Gasteiger partial charge >= 0.3 is 0 Å². The van der Waals surface area contributed by atoms with Crippen LogP contribution >= 0.6 is 11.3 Å². The Balaban J connectivity index is 2.11. The quantitative estimate of drug-likeness (QED) is 0.669. The Bertz CT molecular complexity index is 511. The van der Waals surface area contributed by atoms with Crippen molar-refractivity contribution in [1.29, 1.82) is 0 Å². The summed E-state index contributed by atoms with van der Waals surface area (Å²) in [6.45, 7) is 6.00. The molecular formula is C12H14N4S. The Kier molecular flexibility index (Phi) is 3.49. The van der Waals surface area contributed by atoms with Gasteiger partial charge in [-0.2, -0.15) is 5.10 Å². The molecule has 2 aromatic rings. The van der Waals surface area contributed by atoms with Crippen LogP contribution in [-0.2, 0) is 0 Å². The maximum atomic E-state index is 4.36. The zero-order chi connectivity index (χ0) is 12.3. The van der Waals surface area contributed by atoms with Crippen molar-refractivity contribution in [2.75, 3.05) is 5.43 Å². The lowest BCUT2D eigenvalue weighted by molar-refractivity contribution is 1.19. The van der Waals surface area contributed by atoms with Gasteiger partial charge < -0.3 is 0 Å². The smallest absolute Gasteiger partial charge is 0.203 e. The molecule has 0 saturated carbocycles. The summed E-state index contributed by atoms with van der Waals surface area (Å²) >= 11 is 1.61. The molecule has 0 aliphatic heterocycles. The average Bonchev–Trinajstić information content (AvgIpc) is 2.67. The lowest BCUT2D eigenvalue weighted by Gasteiger charge is -1.99. The fourth-order valence-electron chi connectivity index (χ4n) is 1.31. The average molecular weight is 246 g/mol. The molecule has 2 aromatic heterocycles. The van der Waals surface area contributed by atoms with E-state index in [1.807, 2.05) is 26.0 Å². The largest absolute Gasteiger partial charge is 0.265 e. The molecule has 0 bridgehead atoms. The van der Waals surface area contributed by atoms with Gasteiger partial charge in [-0.3, -0.25) is 10.4 Å². The van der Waals surface area contributed by atoms with E-state index in [9.17, 15) is 0 Å². The van der Waals surface area contributed by atoms with E-state index in [0.717, 1.165) is 22.1 Å². The molecule has 0 aromatic carbocycles. The molecule has 4 nitrogen and oxygen atoms in total. The summed E-state index contributed by atoms with van der Waals surface area (Å²) in [5.41, 5.74) is 6.00. The van der Waals surface area contributed by atoms with Crippen LogP contribution in [0.1, 0.15) is 23.1 Å². The number of anilines is 1. The number of aromatic nitrogens is 2. The predicted molar refractivity (Wildman–Crippen MR) is 71.7 cm³/mol. The molecule has 0 aliphatic rings. The second-order valence-electron chi connectivity index (χ2n) is 3.71. The highest BCUT2D eigenvalue weighted by molar-refractivity contribution is 7.15. The third kappa shape index (κ3) is 2.88. The van der Waals surface area contributed by atoms with Crippen LogP contribution in [-0.4, -0.2) is 15.7 Å². The molecule has 2 rings (SSSR count). The predicted octanol–water partition coefficient (Wildman–Crippen LogP) is 2.99. The summed E-state index contributed by atoms with van der Waals surface area (Å²) in [4.78, 5) is 9.55. The molecule has 1 N–H and O–H groups in total. The molecule has 88 valence electrons. The first kappa shape index (κ1) is 11.7. The fraction of sp³-hybridized carbons (Fsp3) is 0.250. The van der Waals surface area contributed by atoms with Gasteiger partial charge in [-0.15, -0.1) is 11.3 Å². The minimum absolute atomic E-state index is 0.827. The van der Waals surface area contributed by atoms with Crippen molar-refractivity contribution in [2.24, 2.45) is 5.10 Å². The molecule has 0 aliphatic carbocycles. The summed E-state index contributed by atoms with van der Waals surface area (Å²) in [5.74, 6) is 0. The zero-order valence-electron chi connectivity index (χ0n) is 10.1. The molecule has 2 heterocycles. The van der Waals surface area contributed by atoms with E-state index in [0.29, 0.717) is 0 Å². The van der Waals surface area contributed by atoms with Crippen molar-refractivity contribution in [2.45, 2.75) is 20.8 Å². The number of nitrogens with zero attached hydrogens (tertiary/aromatic N) is 3. The van der Waals surface area contributed by atoms with Crippen LogP contribution in [0.5, 0.6) is 0 Å². The van der Waals surface area contributed by atoms with Crippen LogP contribution in [0.4, 0.5) is 5.13 Å². The summed E-state index contributed by atoms with van der Waals surface area (Å²) in [6.07, 6.45) is 3.51. The molecule has 0 fully saturated rings. The van der Waals surface area contributed by atoms with Gasteiger partial charge in [-0.05, 0) is 32.9 Å². The number of thiazole rings is 1. The first-order chi connectivity index (χ1) is 8.16. The van der Waals surface area contributed by atoms with E-state index in [2.05, 4.69) is 27.4 Å². The standard InChI is InChI=1S/C12H14N4S/c1-8-10(3)17-12(14-8)16-15-9(2)11-4-6-13-7-5-11/h4-7H,1-3H3,(H,14,16)/b15-9-. The van der Waals surface area contributed by atoms with Gasteiger partial charge in [-0.1, -0.05) is 0 Å². The van der Waals surface area contributed by atoms with E-state index in [-0.39, 0.29) is 0 Å². The number of hydrazone groups is 1. The molecule has 0 amide bonds. The monoisotopic (exact) mass is 246 g/mol. The Hall–Kier alpha value is -1.75. The third-order valence-electron chi connectivity index (χ3n) is 2.45. The molecule has 0 unspecified atom stereocenters. The van der Waals surface area contributed by atoms with E-state index >= 15 is 0 Å². The number of hydrogen-bond acceptors (Lipinski definition) is 5. The molecule has 0 saturated heterocycles. The summed E-state index contributed by atoms with van der Waals surface area (Å²) in [6, 6.07) is 3.86. The molecule has 0 radical (unpaired) electrons. The van der Waals surface area contributed by atoms with E-state index in [1.54, 1.807) is 23.7 Å². The Morgan fingerprint density at radius 1 is 1.29 bits per heavy atom. The van der Waals surface area contributed by atoms with Gasteiger partial charge in [0, 0.05) is 22.8 Å². The van der Waals surface area contributed by atoms with Gasteiger partial charge in [0.25, 0.3) is 0 Å². The van der Waals surface area contributed by atoms with Crippen molar-refractivity contribution in [1.82, 2.24) is 9.97 Å². The van der Waals surface area contributed by atoms with Crippen molar-refractivity contribution in [3.63, 3.8) is 0 Å². The maximum Gasteiger partial charge on any atom is 0.203 e. The minimum atomic E-state index is 0.827. The topological polar surface area (TPSA) is 50.2 Å². The summed E-state index contributed by atoms with van der Waals surface area (Å²) in [7, 11) is 0. The van der Waals surface area contributed by atoms with Crippen LogP contribution in [0.3, 0.4) is 0 Å². The van der Waals surface area contributed by atoms with Crippen LogP contribution in [0.25, 0.3) is 0 Å². The number of nitrogens with one attached hydrogen (secondary N) is 1. The van der Waals surface area contributed by atoms with Crippen LogP contribution in [0, 0.1) is 13.8 Å². The van der Waals surface area contributed by atoms with Gasteiger partial charge in [0.15, 0.2) is 0 Å². The Labute approximate surface area is 104 Å². The second-order valence-corrected chi connectivity index (χ2v) is 4.91. The van der Waals surface area contributed by atoms with Crippen molar-refractivity contribution in [3.05, 3.63) is 40.7 Å². The molecular weight excluding hydrogens is 232 g/mol. The Morgan fingerprint density at radius 3 is 2.59 bits per heavy atom. The highest BCUT2D eigenvalue weighted by Gasteiger charge is 2.02. The number of pyridine rings is 1. The van der Waals surface area contributed by atoms with Gasteiger partial charge in [0.1, 0.15) is 0 Å². The fourth-order valence-corrected chi connectivity index (χ4v) is 2.07. The van der Waals surface area contributed by atoms with Crippen LogP contribution < -0.4 is 5.43 Å². The lowest BCUT2D eigenvalue weighted by Crippen LogP contribution is -1.99. The van der Waals surface area contributed by atoms with Crippen molar-refractivity contribution < 1.29 is 0 Å². The van der Waals surface area contributed by atoms with Crippen molar-refractivity contribution >= 4 is 22.2 Å². The number of hydrogen-bond donors (Lipinski definition) is 1. The van der Waals surface area contributed by atoms with Crippen molar-refractivity contribution in [3.8, 4) is 0 Å². The molecule has 5 heteroatoms. The first-order valence-electron chi connectivity index (χ1n) is 5.31. The van der Waals surface area contributed by atoms with Gasteiger partial charge in [-0.25, -0.2) is 4.98 Å². The molecule has 0 spiro atoms. The second kappa shape index (κ2) is 5.05. The third-order valence-corrected chi connectivity index (χ3v) is 3.42. The highest BCUT2D eigenvalue weighted by Crippen LogP contribution is 2.21. The van der Waals surface area contributed by atoms with Crippen LogP contribution in [0.15, 0.2) is 29.6 Å². The number of rotatable bonds is 3. The minimum Gasteiger partial charge on any atom is -0.265 e. The number of aryl methyl sites for hydroxylation is 2. The van der Waals surface area contributed by atoms with Gasteiger partial charge in [0.05, 0.1) is 11.4 Å². The molecule has 17 heavy (non-hydrogen) atoms.